The number of aromatic nitrogens is 2. The normalized spacial score (nSPS) is 11.3. The van der Waals surface area contributed by atoms with Crippen molar-refractivity contribution in [3.8, 4) is 0 Å². The van der Waals surface area contributed by atoms with E-state index in [4.69, 9.17) is 16.5 Å². The number of amides is 2. The molecule has 2 heterocycles. The van der Waals surface area contributed by atoms with E-state index in [2.05, 4.69) is 0 Å². The number of hydrogen-bond donors (Lipinski definition) is 2. The first kappa shape index (κ1) is 20.7. The molecule has 4 rings (SSSR count). The highest BCUT2D eigenvalue weighted by Crippen LogP contribution is 2.28. The first-order chi connectivity index (χ1) is 14.9. The summed E-state index contributed by atoms with van der Waals surface area (Å²) >= 11 is 1.14. The number of hydrogen-bond acceptors (Lipinski definition) is 5. The fourth-order valence-electron chi connectivity index (χ4n) is 3.89. The molecule has 2 amide bonds. The second-order valence-electron chi connectivity index (χ2n) is 7.47. The van der Waals surface area contributed by atoms with E-state index < -0.39 is 11.8 Å². The molecule has 0 aliphatic carbocycles. The topological polar surface area (TPSA) is 121 Å². The minimum atomic E-state index is -0.573. The van der Waals surface area contributed by atoms with Crippen LogP contribution >= 0.6 is 11.3 Å². The summed E-state index contributed by atoms with van der Waals surface area (Å²) in [4.78, 5) is 42.0. The van der Waals surface area contributed by atoms with Crippen molar-refractivity contribution in [1.82, 2.24) is 9.55 Å². The lowest BCUT2D eigenvalue weighted by atomic mass is 10.0. The maximum Gasteiger partial charge on any atom is 0.262 e. The molecule has 8 heteroatoms. The highest BCUT2D eigenvalue weighted by molar-refractivity contribution is 7.20. The number of nitrogens with zero attached hydrogens (tertiary/aromatic N) is 2. The quantitative estimate of drug-likeness (QED) is 0.464. The van der Waals surface area contributed by atoms with Crippen LogP contribution in [0.3, 0.4) is 0 Å². The fraction of sp³-hybridized carbons (Fsp3) is 0.217. The Bertz CT molecular complexity index is 1380. The molecule has 0 bridgehead atoms. The zero-order chi connectivity index (χ0) is 22.1. The number of nitrogens with two attached hydrogens (primary N) is 2. The van der Waals surface area contributed by atoms with Crippen molar-refractivity contribution < 1.29 is 9.59 Å². The molecule has 0 atom stereocenters. The van der Waals surface area contributed by atoms with Gasteiger partial charge in [0.15, 0.2) is 0 Å². The Labute approximate surface area is 182 Å². The molecule has 0 aliphatic heterocycles. The van der Waals surface area contributed by atoms with Crippen LogP contribution in [-0.2, 0) is 17.8 Å². The summed E-state index contributed by atoms with van der Waals surface area (Å²) < 4.78 is 1.59. The van der Waals surface area contributed by atoms with Gasteiger partial charge in [0.2, 0.25) is 5.91 Å². The van der Waals surface area contributed by atoms with Crippen LogP contribution in [0.5, 0.6) is 0 Å². The molecule has 0 aliphatic rings. The predicted octanol–water partition coefficient (Wildman–Crippen LogP) is 2.87. The van der Waals surface area contributed by atoms with Crippen LogP contribution in [-0.4, -0.2) is 21.4 Å². The molecular weight excluding hydrogens is 412 g/mol. The average molecular weight is 435 g/mol. The van der Waals surface area contributed by atoms with Gasteiger partial charge in [-0.1, -0.05) is 42.5 Å². The van der Waals surface area contributed by atoms with Gasteiger partial charge in [0.05, 0.1) is 10.3 Å². The SMILES string of the molecule is Cc1c(C(N)=O)sc2nc(Cc3cccc4ccccc34)n(CCCC(N)=O)c(=O)c12. The number of primary amides is 2. The first-order valence-corrected chi connectivity index (χ1v) is 10.8. The zero-order valence-electron chi connectivity index (χ0n) is 17.1. The summed E-state index contributed by atoms with van der Waals surface area (Å²) in [7, 11) is 0. The highest BCUT2D eigenvalue weighted by atomic mass is 32.1. The number of fused-ring (bicyclic) bond motifs is 2. The van der Waals surface area contributed by atoms with E-state index in [0.717, 1.165) is 27.7 Å². The lowest BCUT2D eigenvalue weighted by Gasteiger charge is -2.14. The maximum absolute atomic E-state index is 13.4. The molecule has 0 radical (unpaired) electrons. The number of carbonyl (C=O) groups is 2. The van der Waals surface area contributed by atoms with Crippen LogP contribution < -0.4 is 17.0 Å². The number of carbonyl (C=O) groups excluding carboxylic acids is 2. The van der Waals surface area contributed by atoms with Crippen molar-refractivity contribution in [3.05, 3.63) is 74.6 Å². The molecule has 0 spiro atoms. The van der Waals surface area contributed by atoms with Crippen LogP contribution in [0, 0.1) is 6.92 Å². The summed E-state index contributed by atoms with van der Waals surface area (Å²) in [6.07, 6.45) is 1.04. The number of aryl methyl sites for hydroxylation is 1. The van der Waals surface area contributed by atoms with Crippen LogP contribution in [0.15, 0.2) is 47.3 Å². The van der Waals surface area contributed by atoms with Crippen LogP contribution in [0.4, 0.5) is 0 Å². The molecule has 0 fully saturated rings. The Balaban J connectivity index is 1.88. The third kappa shape index (κ3) is 3.94. The standard InChI is InChI=1S/C23H22N4O3S/c1-13-19-22(31-20(13)21(25)29)26-18(27(23(19)30)11-5-10-17(24)28)12-15-8-4-7-14-6-2-3-9-16(14)15/h2-4,6-9H,5,10-12H2,1H3,(H2,24,28)(H2,25,29). The minimum absolute atomic E-state index is 0.174. The van der Waals surface area contributed by atoms with Crippen molar-refractivity contribution in [2.75, 3.05) is 0 Å². The van der Waals surface area contributed by atoms with Crippen molar-refractivity contribution in [1.29, 1.82) is 0 Å². The monoisotopic (exact) mass is 434 g/mol. The molecular formula is C23H22N4O3S. The van der Waals surface area contributed by atoms with E-state index >= 15 is 0 Å². The van der Waals surface area contributed by atoms with Crippen molar-refractivity contribution >= 4 is 44.1 Å². The highest BCUT2D eigenvalue weighted by Gasteiger charge is 2.20. The largest absolute Gasteiger partial charge is 0.370 e. The van der Waals surface area contributed by atoms with Crippen molar-refractivity contribution in [2.45, 2.75) is 32.7 Å². The molecule has 7 nitrogen and oxygen atoms in total. The Morgan fingerprint density at radius 2 is 1.84 bits per heavy atom. The summed E-state index contributed by atoms with van der Waals surface area (Å²) in [6, 6.07) is 14.1. The molecule has 158 valence electrons. The molecule has 4 aromatic rings. The van der Waals surface area contributed by atoms with Gasteiger partial charge in [0.1, 0.15) is 10.7 Å². The van der Waals surface area contributed by atoms with Gasteiger partial charge in [0.25, 0.3) is 11.5 Å². The van der Waals surface area contributed by atoms with Gasteiger partial charge in [-0.2, -0.15) is 0 Å². The molecule has 2 aromatic carbocycles. The molecule has 0 saturated heterocycles. The number of thiophene rings is 1. The second kappa shape index (κ2) is 8.31. The minimum Gasteiger partial charge on any atom is -0.370 e. The van der Waals surface area contributed by atoms with Gasteiger partial charge in [-0.05, 0) is 35.2 Å². The second-order valence-corrected chi connectivity index (χ2v) is 8.47. The summed E-state index contributed by atoms with van der Waals surface area (Å²) in [5.74, 6) is -0.410. The summed E-state index contributed by atoms with van der Waals surface area (Å²) in [6.45, 7) is 2.02. The van der Waals surface area contributed by atoms with E-state index in [1.165, 1.54) is 0 Å². The van der Waals surface area contributed by atoms with E-state index in [0.29, 0.717) is 45.9 Å². The van der Waals surface area contributed by atoms with E-state index in [1.54, 1.807) is 11.5 Å². The third-order valence-electron chi connectivity index (χ3n) is 5.39. The molecule has 4 N–H and O–H groups in total. The molecule has 2 aromatic heterocycles. The van der Waals surface area contributed by atoms with Crippen LogP contribution in [0.2, 0.25) is 0 Å². The van der Waals surface area contributed by atoms with Crippen molar-refractivity contribution in [3.63, 3.8) is 0 Å². The van der Waals surface area contributed by atoms with Crippen molar-refractivity contribution in [2.24, 2.45) is 11.5 Å². The third-order valence-corrected chi connectivity index (χ3v) is 6.59. The predicted molar refractivity (Wildman–Crippen MR) is 122 cm³/mol. The van der Waals surface area contributed by atoms with Gasteiger partial charge in [-0.25, -0.2) is 4.98 Å². The van der Waals surface area contributed by atoms with Crippen LogP contribution in [0.25, 0.3) is 21.0 Å². The molecule has 0 unspecified atom stereocenters. The Morgan fingerprint density at radius 1 is 1.10 bits per heavy atom. The van der Waals surface area contributed by atoms with E-state index in [-0.39, 0.29) is 12.0 Å². The summed E-state index contributed by atoms with van der Waals surface area (Å²) in [5, 5.41) is 2.59. The average Bonchev–Trinajstić information content (AvgIpc) is 3.07. The Hall–Kier alpha value is -3.52. The Morgan fingerprint density at radius 3 is 2.58 bits per heavy atom. The Kier molecular flexibility index (Phi) is 5.56. The van der Waals surface area contributed by atoms with Gasteiger partial charge >= 0.3 is 0 Å². The lowest BCUT2D eigenvalue weighted by Crippen LogP contribution is -2.26. The van der Waals surface area contributed by atoms with Gasteiger partial charge in [-0.15, -0.1) is 11.3 Å². The molecule has 31 heavy (non-hydrogen) atoms. The lowest BCUT2D eigenvalue weighted by molar-refractivity contribution is -0.118. The number of rotatable bonds is 7. The first-order valence-electron chi connectivity index (χ1n) is 9.94. The van der Waals surface area contributed by atoms with Crippen LogP contribution in [0.1, 0.15) is 39.5 Å². The van der Waals surface area contributed by atoms with E-state index in [1.807, 2.05) is 42.5 Å². The maximum atomic E-state index is 13.4. The smallest absolute Gasteiger partial charge is 0.262 e. The van der Waals surface area contributed by atoms with Gasteiger partial charge in [0, 0.05) is 19.4 Å². The molecule has 0 saturated carbocycles. The fourth-order valence-corrected chi connectivity index (χ4v) is 4.93. The zero-order valence-corrected chi connectivity index (χ0v) is 17.9. The van der Waals surface area contributed by atoms with Gasteiger partial charge in [-0.3, -0.25) is 19.0 Å². The van der Waals surface area contributed by atoms with Gasteiger partial charge < -0.3 is 11.5 Å². The summed E-state index contributed by atoms with van der Waals surface area (Å²) in [5.41, 5.74) is 12.1. The van der Waals surface area contributed by atoms with E-state index in [9.17, 15) is 14.4 Å². The number of benzene rings is 2.